The zero-order valence-electron chi connectivity index (χ0n) is 12.6. The van der Waals surface area contributed by atoms with Crippen molar-refractivity contribution in [1.29, 1.82) is 0 Å². The van der Waals surface area contributed by atoms with Gasteiger partial charge in [0.2, 0.25) is 10.0 Å². The predicted molar refractivity (Wildman–Crippen MR) is 82.9 cm³/mol. The third-order valence-electron chi connectivity index (χ3n) is 3.39. The summed E-state index contributed by atoms with van der Waals surface area (Å²) in [5.41, 5.74) is 1.29. The summed E-state index contributed by atoms with van der Waals surface area (Å²) in [5, 5.41) is 0. The molecule has 0 aliphatic rings. The Morgan fingerprint density at radius 2 is 1.77 bits per heavy atom. The maximum absolute atomic E-state index is 13.3. The molecule has 0 fully saturated rings. The Morgan fingerprint density at radius 1 is 1.14 bits per heavy atom. The molecule has 0 aliphatic carbocycles. The number of methoxy groups -OCH3 is 1. The molecule has 6 heteroatoms. The number of sulfonamides is 1. The van der Waals surface area contributed by atoms with Gasteiger partial charge >= 0.3 is 0 Å². The topological polar surface area (TPSA) is 55.4 Å². The van der Waals surface area contributed by atoms with Gasteiger partial charge in [0.1, 0.15) is 11.6 Å². The Labute approximate surface area is 130 Å². The summed E-state index contributed by atoms with van der Waals surface area (Å²) in [6.07, 6.45) is 0. The lowest BCUT2D eigenvalue weighted by Gasteiger charge is -2.16. The molecule has 0 bridgehead atoms. The van der Waals surface area contributed by atoms with Crippen LogP contribution >= 0.6 is 0 Å². The Kier molecular flexibility index (Phi) is 4.83. The van der Waals surface area contributed by atoms with Gasteiger partial charge in [-0.25, -0.2) is 17.5 Å². The molecule has 0 saturated heterocycles. The Hall–Kier alpha value is -1.92. The summed E-state index contributed by atoms with van der Waals surface area (Å²) in [6.45, 7) is 3.36. The Morgan fingerprint density at radius 3 is 2.36 bits per heavy atom. The van der Waals surface area contributed by atoms with Crippen LogP contribution in [0.1, 0.15) is 24.1 Å². The molecular formula is C16H18FNO3S. The Bertz CT molecular complexity index is 757. The van der Waals surface area contributed by atoms with E-state index in [4.69, 9.17) is 4.74 Å². The fraction of sp³-hybridized carbons (Fsp3) is 0.250. The van der Waals surface area contributed by atoms with Gasteiger partial charge in [-0.15, -0.1) is 0 Å². The van der Waals surface area contributed by atoms with E-state index in [1.807, 2.05) is 0 Å². The number of hydrogen-bond acceptors (Lipinski definition) is 3. The molecule has 0 amide bonds. The van der Waals surface area contributed by atoms with Crippen molar-refractivity contribution in [2.45, 2.75) is 24.8 Å². The van der Waals surface area contributed by atoms with E-state index in [0.717, 1.165) is 11.6 Å². The van der Waals surface area contributed by atoms with Crippen molar-refractivity contribution in [2.24, 2.45) is 0 Å². The second-order valence-electron chi connectivity index (χ2n) is 5.03. The van der Waals surface area contributed by atoms with Gasteiger partial charge in [-0.2, -0.15) is 0 Å². The van der Waals surface area contributed by atoms with Crippen molar-refractivity contribution >= 4 is 10.0 Å². The van der Waals surface area contributed by atoms with E-state index >= 15 is 0 Å². The standard InChI is InChI=1S/C16H18FNO3S/c1-11-4-7-14(17)10-16(11)22(19,20)18-12(2)13-5-8-15(21-3)9-6-13/h4-10,12,18H,1-3H3. The maximum Gasteiger partial charge on any atom is 0.241 e. The van der Waals surface area contributed by atoms with Crippen molar-refractivity contribution in [3.8, 4) is 5.75 Å². The lowest BCUT2D eigenvalue weighted by Crippen LogP contribution is -2.27. The fourth-order valence-electron chi connectivity index (χ4n) is 2.12. The second-order valence-corrected chi connectivity index (χ2v) is 6.71. The van der Waals surface area contributed by atoms with Crippen molar-refractivity contribution in [3.05, 3.63) is 59.4 Å². The largest absolute Gasteiger partial charge is 0.497 e. The van der Waals surface area contributed by atoms with Gasteiger partial charge in [0, 0.05) is 6.04 Å². The molecule has 1 unspecified atom stereocenters. The van der Waals surface area contributed by atoms with Crippen LogP contribution in [0, 0.1) is 12.7 Å². The summed E-state index contributed by atoms with van der Waals surface area (Å²) >= 11 is 0. The molecule has 2 aromatic carbocycles. The van der Waals surface area contributed by atoms with E-state index in [0.29, 0.717) is 11.3 Å². The van der Waals surface area contributed by atoms with Crippen molar-refractivity contribution in [1.82, 2.24) is 4.72 Å². The summed E-state index contributed by atoms with van der Waals surface area (Å²) in [5.74, 6) is 0.114. The van der Waals surface area contributed by atoms with Gasteiger partial charge < -0.3 is 4.74 Å². The molecule has 22 heavy (non-hydrogen) atoms. The number of benzene rings is 2. The Balaban J connectivity index is 2.25. The van der Waals surface area contributed by atoms with E-state index in [9.17, 15) is 12.8 Å². The minimum Gasteiger partial charge on any atom is -0.497 e. The minimum atomic E-state index is -3.80. The first-order chi connectivity index (χ1) is 10.3. The molecule has 118 valence electrons. The van der Waals surface area contributed by atoms with Crippen LogP contribution in [0.25, 0.3) is 0 Å². The minimum absolute atomic E-state index is 0.0483. The first-order valence-electron chi connectivity index (χ1n) is 6.76. The fourth-order valence-corrected chi connectivity index (χ4v) is 3.61. The molecule has 0 spiro atoms. The summed E-state index contributed by atoms with van der Waals surface area (Å²) in [7, 11) is -2.23. The van der Waals surface area contributed by atoms with E-state index in [1.54, 1.807) is 45.2 Å². The normalized spacial score (nSPS) is 12.9. The van der Waals surface area contributed by atoms with E-state index in [2.05, 4.69) is 4.72 Å². The highest BCUT2D eigenvalue weighted by molar-refractivity contribution is 7.89. The van der Waals surface area contributed by atoms with E-state index in [1.165, 1.54) is 12.1 Å². The van der Waals surface area contributed by atoms with Crippen LogP contribution < -0.4 is 9.46 Å². The van der Waals surface area contributed by atoms with Crippen LogP contribution in [0.4, 0.5) is 4.39 Å². The van der Waals surface area contributed by atoms with Crippen LogP contribution in [0.3, 0.4) is 0 Å². The molecule has 2 aromatic rings. The number of aryl methyl sites for hydroxylation is 1. The predicted octanol–water partition coefficient (Wildman–Crippen LogP) is 3.18. The van der Waals surface area contributed by atoms with Gasteiger partial charge in [-0.05, 0) is 49.2 Å². The number of nitrogens with one attached hydrogen (secondary N) is 1. The highest BCUT2D eigenvalue weighted by atomic mass is 32.2. The van der Waals surface area contributed by atoms with Crippen LogP contribution in [0.5, 0.6) is 5.75 Å². The molecule has 0 radical (unpaired) electrons. The molecule has 1 N–H and O–H groups in total. The first kappa shape index (κ1) is 16.5. The molecule has 0 saturated carbocycles. The molecule has 0 aliphatic heterocycles. The SMILES string of the molecule is COc1ccc(C(C)NS(=O)(=O)c2cc(F)ccc2C)cc1. The number of hydrogen-bond donors (Lipinski definition) is 1. The quantitative estimate of drug-likeness (QED) is 0.919. The average Bonchev–Trinajstić information content (AvgIpc) is 2.49. The zero-order chi connectivity index (χ0) is 16.3. The second kappa shape index (κ2) is 6.46. The smallest absolute Gasteiger partial charge is 0.241 e. The van der Waals surface area contributed by atoms with Gasteiger partial charge in [0.15, 0.2) is 0 Å². The number of halogens is 1. The molecule has 0 heterocycles. The summed E-state index contributed by atoms with van der Waals surface area (Å²) in [4.78, 5) is -0.0483. The third-order valence-corrected chi connectivity index (χ3v) is 5.07. The summed E-state index contributed by atoms with van der Waals surface area (Å²) < 4.78 is 45.8. The highest BCUT2D eigenvalue weighted by Gasteiger charge is 2.21. The van der Waals surface area contributed by atoms with Gasteiger partial charge in [0.25, 0.3) is 0 Å². The van der Waals surface area contributed by atoms with Gasteiger partial charge in [-0.3, -0.25) is 0 Å². The maximum atomic E-state index is 13.3. The lowest BCUT2D eigenvalue weighted by atomic mass is 10.1. The van der Waals surface area contributed by atoms with Crippen molar-refractivity contribution in [2.75, 3.05) is 7.11 Å². The van der Waals surface area contributed by atoms with E-state index in [-0.39, 0.29) is 4.90 Å². The molecule has 2 rings (SSSR count). The molecular weight excluding hydrogens is 305 g/mol. The molecule has 1 atom stereocenters. The zero-order valence-corrected chi connectivity index (χ0v) is 13.4. The van der Waals surface area contributed by atoms with Crippen molar-refractivity contribution in [3.63, 3.8) is 0 Å². The van der Waals surface area contributed by atoms with Gasteiger partial charge in [-0.1, -0.05) is 18.2 Å². The third kappa shape index (κ3) is 3.64. The van der Waals surface area contributed by atoms with Crippen LogP contribution in [0.2, 0.25) is 0 Å². The first-order valence-corrected chi connectivity index (χ1v) is 8.24. The van der Waals surface area contributed by atoms with E-state index < -0.39 is 21.9 Å². The molecule has 0 aromatic heterocycles. The number of rotatable bonds is 5. The highest BCUT2D eigenvalue weighted by Crippen LogP contribution is 2.22. The summed E-state index contributed by atoms with van der Waals surface area (Å²) in [6, 6.07) is 10.3. The van der Waals surface area contributed by atoms with Crippen LogP contribution in [0.15, 0.2) is 47.4 Å². The average molecular weight is 323 g/mol. The van der Waals surface area contributed by atoms with Gasteiger partial charge in [0.05, 0.1) is 12.0 Å². The van der Waals surface area contributed by atoms with Crippen LogP contribution in [-0.4, -0.2) is 15.5 Å². The van der Waals surface area contributed by atoms with Crippen molar-refractivity contribution < 1.29 is 17.5 Å². The monoisotopic (exact) mass is 323 g/mol. The lowest BCUT2D eigenvalue weighted by molar-refractivity contribution is 0.414. The van der Waals surface area contributed by atoms with Crippen LogP contribution in [-0.2, 0) is 10.0 Å². The number of ether oxygens (including phenoxy) is 1. The molecule has 4 nitrogen and oxygen atoms in total.